The summed E-state index contributed by atoms with van der Waals surface area (Å²) in [7, 11) is 1.58. The van der Waals surface area contributed by atoms with E-state index in [-0.39, 0.29) is 23.2 Å². The molecule has 6 nitrogen and oxygen atoms in total. The highest BCUT2D eigenvalue weighted by Gasteiger charge is 2.23. The number of aromatic carboxylic acids is 1. The van der Waals surface area contributed by atoms with Gasteiger partial charge >= 0.3 is 5.97 Å². The topological polar surface area (TPSA) is 84.2 Å². The number of amides is 1. The van der Waals surface area contributed by atoms with Gasteiger partial charge in [-0.3, -0.25) is 9.48 Å². The van der Waals surface area contributed by atoms with Crippen molar-refractivity contribution in [3.05, 3.63) is 17.5 Å². The number of hydrogen-bond acceptors (Lipinski definition) is 3. The van der Waals surface area contributed by atoms with Crippen LogP contribution < -0.4 is 5.32 Å². The summed E-state index contributed by atoms with van der Waals surface area (Å²) in [6, 6.07) is 0.145. The normalized spacial score (nSPS) is 16.9. The van der Waals surface area contributed by atoms with Crippen LogP contribution in [0.15, 0.2) is 6.20 Å². The molecule has 1 fully saturated rings. The van der Waals surface area contributed by atoms with Crippen LogP contribution >= 0.6 is 0 Å². The summed E-state index contributed by atoms with van der Waals surface area (Å²) >= 11 is 0. The molecule has 1 aliphatic rings. The molecule has 104 valence electrons. The summed E-state index contributed by atoms with van der Waals surface area (Å²) in [5.41, 5.74) is 0.0744. The van der Waals surface area contributed by atoms with Gasteiger partial charge in [0.1, 0.15) is 11.3 Å². The van der Waals surface area contributed by atoms with Crippen LogP contribution in [-0.2, 0) is 7.05 Å². The molecule has 2 N–H and O–H groups in total. The van der Waals surface area contributed by atoms with Crippen molar-refractivity contribution in [1.82, 2.24) is 15.1 Å². The zero-order valence-corrected chi connectivity index (χ0v) is 11.1. The number of carbonyl (C=O) groups excluding carboxylic acids is 1. The summed E-state index contributed by atoms with van der Waals surface area (Å²) in [6.07, 6.45) is 7.78. The Morgan fingerprint density at radius 3 is 2.53 bits per heavy atom. The second-order valence-electron chi connectivity index (χ2n) is 5.00. The number of rotatable bonds is 3. The molecular weight excluding hydrogens is 246 g/mol. The number of carbonyl (C=O) groups is 2. The highest BCUT2D eigenvalue weighted by molar-refractivity contribution is 6.03. The molecule has 2 rings (SSSR count). The molecule has 6 heteroatoms. The molecule has 0 unspecified atom stereocenters. The van der Waals surface area contributed by atoms with Gasteiger partial charge in [0.25, 0.3) is 5.91 Å². The fourth-order valence-corrected chi connectivity index (χ4v) is 2.54. The zero-order valence-electron chi connectivity index (χ0n) is 11.1. The molecule has 0 bridgehead atoms. The first-order valence-corrected chi connectivity index (χ1v) is 6.65. The van der Waals surface area contributed by atoms with Crippen LogP contribution in [0.3, 0.4) is 0 Å². The third kappa shape index (κ3) is 3.13. The predicted molar refractivity (Wildman–Crippen MR) is 69.1 cm³/mol. The summed E-state index contributed by atoms with van der Waals surface area (Å²) in [5, 5.41) is 15.8. The molecule has 0 aromatic carbocycles. The lowest BCUT2D eigenvalue weighted by molar-refractivity contribution is 0.0689. The predicted octanol–water partition coefficient (Wildman–Crippen LogP) is 1.57. The molecular formula is C13H19N3O3. The molecule has 0 saturated heterocycles. The van der Waals surface area contributed by atoms with Gasteiger partial charge in [-0.2, -0.15) is 5.10 Å². The minimum Gasteiger partial charge on any atom is -0.478 e. The Kier molecular flexibility index (Phi) is 4.19. The van der Waals surface area contributed by atoms with Gasteiger partial charge in [0, 0.05) is 13.1 Å². The number of carboxylic acid groups (broad SMARTS) is 1. The Bertz CT molecular complexity index is 473. The first kappa shape index (κ1) is 13.6. The van der Waals surface area contributed by atoms with Crippen molar-refractivity contribution >= 4 is 11.9 Å². The highest BCUT2D eigenvalue weighted by Crippen LogP contribution is 2.18. The second-order valence-corrected chi connectivity index (χ2v) is 5.00. The van der Waals surface area contributed by atoms with Crippen LogP contribution in [0, 0.1) is 0 Å². The average Bonchev–Trinajstić information content (AvgIpc) is 2.58. The molecule has 1 aromatic rings. The number of aromatic nitrogens is 2. The molecule has 1 aromatic heterocycles. The van der Waals surface area contributed by atoms with Crippen molar-refractivity contribution in [2.45, 2.75) is 44.6 Å². The van der Waals surface area contributed by atoms with Crippen LogP contribution in [-0.4, -0.2) is 32.8 Å². The van der Waals surface area contributed by atoms with E-state index in [0.717, 1.165) is 25.7 Å². The van der Waals surface area contributed by atoms with Crippen molar-refractivity contribution in [1.29, 1.82) is 0 Å². The van der Waals surface area contributed by atoms with E-state index in [9.17, 15) is 9.59 Å². The number of nitrogens with one attached hydrogen (secondary N) is 1. The van der Waals surface area contributed by atoms with E-state index in [2.05, 4.69) is 10.4 Å². The number of carboxylic acids is 1. The fourth-order valence-electron chi connectivity index (χ4n) is 2.54. The Hall–Kier alpha value is -1.85. The smallest absolute Gasteiger partial charge is 0.339 e. The number of aryl methyl sites for hydroxylation is 1. The monoisotopic (exact) mass is 265 g/mol. The van der Waals surface area contributed by atoms with Gasteiger partial charge in [0.2, 0.25) is 0 Å². The average molecular weight is 265 g/mol. The fraction of sp³-hybridized carbons (Fsp3) is 0.615. The summed E-state index contributed by atoms with van der Waals surface area (Å²) in [4.78, 5) is 23.3. The quantitative estimate of drug-likeness (QED) is 0.812. The zero-order chi connectivity index (χ0) is 13.8. The van der Waals surface area contributed by atoms with Crippen LogP contribution in [0.1, 0.15) is 59.4 Å². The van der Waals surface area contributed by atoms with E-state index in [1.165, 1.54) is 23.7 Å². The van der Waals surface area contributed by atoms with Crippen molar-refractivity contribution in [2.75, 3.05) is 0 Å². The van der Waals surface area contributed by atoms with Crippen molar-refractivity contribution in [3.8, 4) is 0 Å². The van der Waals surface area contributed by atoms with E-state index >= 15 is 0 Å². The van der Waals surface area contributed by atoms with E-state index in [4.69, 9.17) is 5.11 Å². The molecule has 0 spiro atoms. The largest absolute Gasteiger partial charge is 0.478 e. The minimum atomic E-state index is -1.13. The van der Waals surface area contributed by atoms with Gasteiger partial charge in [0.05, 0.1) is 6.20 Å². The van der Waals surface area contributed by atoms with E-state index in [1.807, 2.05) is 0 Å². The Labute approximate surface area is 111 Å². The SMILES string of the molecule is Cn1ncc(C(=O)O)c1C(=O)NC1CCCCCC1. The number of nitrogens with zero attached hydrogens (tertiary/aromatic N) is 2. The Morgan fingerprint density at radius 1 is 1.32 bits per heavy atom. The van der Waals surface area contributed by atoms with Gasteiger partial charge < -0.3 is 10.4 Å². The lowest BCUT2D eigenvalue weighted by Gasteiger charge is -2.16. The second kappa shape index (κ2) is 5.86. The number of hydrogen-bond donors (Lipinski definition) is 2. The van der Waals surface area contributed by atoms with Gasteiger partial charge in [-0.15, -0.1) is 0 Å². The highest BCUT2D eigenvalue weighted by atomic mass is 16.4. The van der Waals surface area contributed by atoms with Gasteiger partial charge in [0.15, 0.2) is 0 Å². The standard InChI is InChI=1S/C13H19N3O3/c1-16-11(10(8-14-16)13(18)19)12(17)15-9-6-4-2-3-5-7-9/h8-9H,2-7H2,1H3,(H,15,17)(H,18,19). The van der Waals surface area contributed by atoms with Crippen LogP contribution in [0.25, 0.3) is 0 Å². The first-order valence-electron chi connectivity index (χ1n) is 6.65. The summed E-state index contributed by atoms with van der Waals surface area (Å²) in [6.45, 7) is 0. The van der Waals surface area contributed by atoms with Crippen molar-refractivity contribution < 1.29 is 14.7 Å². The van der Waals surface area contributed by atoms with Gasteiger partial charge in [-0.25, -0.2) is 4.79 Å². The molecule has 1 amide bonds. The van der Waals surface area contributed by atoms with Crippen LogP contribution in [0.5, 0.6) is 0 Å². The van der Waals surface area contributed by atoms with Crippen molar-refractivity contribution in [3.63, 3.8) is 0 Å². The Balaban J connectivity index is 2.11. The third-order valence-corrected chi connectivity index (χ3v) is 3.57. The van der Waals surface area contributed by atoms with E-state index in [1.54, 1.807) is 7.05 Å². The first-order chi connectivity index (χ1) is 9.09. The maximum atomic E-state index is 12.2. The molecule has 1 saturated carbocycles. The molecule has 0 atom stereocenters. The van der Waals surface area contributed by atoms with Gasteiger partial charge in [-0.05, 0) is 12.8 Å². The molecule has 1 aliphatic carbocycles. The lowest BCUT2D eigenvalue weighted by Crippen LogP contribution is -2.36. The maximum absolute atomic E-state index is 12.2. The summed E-state index contributed by atoms with van der Waals surface area (Å²) < 4.78 is 1.31. The molecule has 0 aliphatic heterocycles. The van der Waals surface area contributed by atoms with Gasteiger partial charge in [-0.1, -0.05) is 25.7 Å². The molecule has 19 heavy (non-hydrogen) atoms. The van der Waals surface area contributed by atoms with Crippen LogP contribution in [0.4, 0.5) is 0 Å². The Morgan fingerprint density at radius 2 is 1.95 bits per heavy atom. The van der Waals surface area contributed by atoms with E-state index in [0.29, 0.717) is 0 Å². The lowest BCUT2D eigenvalue weighted by atomic mass is 10.1. The van der Waals surface area contributed by atoms with Crippen LogP contribution in [0.2, 0.25) is 0 Å². The van der Waals surface area contributed by atoms with E-state index < -0.39 is 5.97 Å². The molecule has 1 heterocycles. The minimum absolute atomic E-state index is 0.0476. The maximum Gasteiger partial charge on any atom is 0.339 e. The summed E-state index contributed by atoms with van der Waals surface area (Å²) in [5.74, 6) is -1.47. The molecule has 0 radical (unpaired) electrons. The van der Waals surface area contributed by atoms with Crippen molar-refractivity contribution in [2.24, 2.45) is 7.05 Å². The third-order valence-electron chi connectivity index (χ3n) is 3.57.